The van der Waals surface area contributed by atoms with E-state index < -0.39 is 11.7 Å². The summed E-state index contributed by atoms with van der Waals surface area (Å²) in [5.41, 5.74) is 0.796. The number of aromatic nitrogens is 3. The quantitative estimate of drug-likeness (QED) is 0.774. The van der Waals surface area contributed by atoms with Gasteiger partial charge in [0.25, 0.3) is 5.56 Å². The van der Waals surface area contributed by atoms with Crippen molar-refractivity contribution in [1.82, 2.24) is 19.9 Å². The van der Waals surface area contributed by atoms with E-state index in [1.807, 2.05) is 0 Å². The fourth-order valence-electron chi connectivity index (χ4n) is 3.18. The smallest absolute Gasteiger partial charge is 0.411 e. The Morgan fingerprint density at radius 2 is 2.17 bits per heavy atom. The number of fused-ring (bicyclic) bond motifs is 1. The summed E-state index contributed by atoms with van der Waals surface area (Å²) in [7, 11) is 0. The minimum absolute atomic E-state index is 0.133. The number of aliphatic hydroxyl groups excluding tert-OH is 1. The molecule has 0 aromatic carbocycles. The molecule has 1 amide bonds. The Bertz CT molecular complexity index is 804. The van der Waals surface area contributed by atoms with E-state index in [0.29, 0.717) is 23.9 Å². The van der Waals surface area contributed by atoms with Crippen LogP contribution in [0.4, 0.5) is 4.79 Å². The highest BCUT2D eigenvalue weighted by molar-refractivity contribution is 5.79. The Morgan fingerprint density at radius 3 is 2.83 bits per heavy atom. The van der Waals surface area contributed by atoms with Crippen LogP contribution in [0.1, 0.15) is 45.2 Å². The maximum absolute atomic E-state index is 12.6. The van der Waals surface area contributed by atoms with Gasteiger partial charge in [-0.15, -0.1) is 0 Å². The van der Waals surface area contributed by atoms with Crippen LogP contribution < -0.4 is 5.56 Å². The van der Waals surface area contributed by atoms with Crippen molar-refractivity contribution in [3.63, 3.8) is 0 Å². The van der Waals surface area contributed by atoms with E-state index in [2.05, 4.69) is 15.0 Å². The number of hydrogen-bond donors (Lipinski definition) is 3. The molecule has 3 N–H and O–H groups in total. The molecule has 1 fully saturated rings. The van der Waals surface area contributed by atoms with E-state index in [1.54, 1.807) is 31.9 Å². The molecular weight excluding hydrogens is 312 g/mol. The second-order valence-electron chi connectivity index (χ2n) is 7.02. The summed E-state index contributed by atoms with van der Waals surface area (Å²) >= 11 is 0. The van der Waals surface area contributed by atoms with Crippen molar-refractivity contribution in [2.24, 2.45) is 0 Å². The Labute approximate surface area is 138 Å². The molecule has 0 aliphatic carbocycles. The van der Waals surface area contributed by atoms with Gasteiger partial charge in [-0.05, 0) is 33.6 Å². The van der Waals surface area contributed by atoms with Crippen LogP contribution in [0.25, 0.3) is 11.0 Å². The Balaban J connectivity index is 2.00. The summed E-state index contributed by atoms with van der Waals surface area (Å²) in [5, 5.41) is 9.63. The van der Waals surface area contributed by atoms with Crippen molar-refractivity contribution in [1.29, 1.82) is 0 Å². The van der Waals surface area contributed by atoms with Gasteiger partial charge >= 0.3 is 6.09 Å². The van der Waals surface area contributed by atoms with Crippen LogP contribution >= 0.6 is 0 Å². The maximum Gasteiger partial charge on any atom is 0.411 e. The van der Waals surface area contributed by atoms with Crippen LogP contribution in [0, 0.1) is 0 Å². The van der Waals surface area contributed by atoms with Crippen molar-refractivity contribution in [2.45, 2.75) is 51.3 Å². The third-order valence-electron chi connectivity index (χ3n) is 4.18. The monoisotopic (exact) mass is 334 g/mol. The molecule has 2 aromatic heterocycles. The number of aromatic amines is 2. The van der Waals surface area contributed by atoms with Crippen molar-refractivity contribution in [2.75, 3.05) is 6.61 Å². The molecular formula is C16H22N4O4. The predicted octanol–water partition coefficient (Wildman–Crippen LogP) is 1.68. The lowest BCUT2D eigenvalue weighted by molar-refractivity contribution is 0.00880. The van der Waals surface area contributed by atoms with Gasteiger partial charge in [0.1, 0.15) is 16.6 Å². The lowest BCUT2D eigenvalue weighted by atomic mass is 10.1. The summed E-state index contributed by atoms with van der Waals surface area (Å²) in [6, 6.07) is -0.600. The molecule has 24 heavy (non-hydrogen) atoms. The maximum atomic E-state index is 12.6. The Morgan fingerprint density at radius 1 is 1.42 bits per heavy atom. The molecule has 0 spiro atoms. The van der Waals surface area contributed by atoms with E-state index in [1.165, 1.54) is 6.33 Å². The zero-order valence-electron chi connectivity index (χ0n) is 14.0. The van der Waals surface area contributed by atoms with Gasteiger partial charge in [0, 0.05) is 11.8 Å². The second-order valence-corrected chi connectivity index (χ2v) is 7.02. The van der Waals surface area contributed by atoms with E-state index in [4.69, 9.17) is 4.74 Å². The summed E-state index contributed by atoms with van der Waals surface area (Å²) in [4.78, 5) is 35.7. The van der Waals surface area contributed by atoms with Crippen LogP contribution in [-0.4, -0.2) is 49.3 Å². The van der Waals surface area contributed by atoms with Crippen LogP contribution in [0.2, 0.25) is 0 Å². The van der Waals surface area contributed by atoms with Crippen LogP contribution in [0.15, 0.2) is 17.3 Å². The minimum Gasteiger partial charge on any atom is -0.444 e. The number of aliphatic hydroxyl groups is 1. The van der Waals surface area contributed by atoms with Gasteiger partial charge in [0.2, 0.25) is 0 Å². The lowest BCUT2D eigenvalue weighted by Gasteiger charge is -2.31. The normalized spacial score (nSPS) is 21.4. The molecule has 0 saturated carbocycles. The highest BCUT2D eigenvalue weighted by Gasteiger charge is 2.40. The zero-order chi connectivity index (χ0) is 17.5. The number of rotatable bonds is 2. The van der Waals surface area contributed by atoms with Gasteiger partial charge < -0.3 is 19.8 Å². The summed E-state index contributed by atoms with van der Waals surface area (Å²) in [6.07, 6.45) is 3.91. The van der Waals surface area contributed by atoms with Crippen molar-refractivity contribution in [3.8, 4) is 0 Å². The number of ether oxygens (including phenoxy) is 1. The number of carbonyl (C=O) groups excluding carboxylic acids is 1. The first-order valence-corrected chi connectivity index (χ1v) is 7.98. The first kappa shape index (κ1) is 16.5. The molecule has 130 valence electrons. The molecule has 3 rings (SSSR count). The first-order chi connectivity index (χ1) is 11.3. The third kappa shape index (κ3) is 2.89. The molecule has 1 saturated heterocycles. The van der Waals surface area contributed by atoms with Crippen molar-refractivity contribution in [3.05, 3.63) is 28.4 Å². The molecule has 8 nitrogen and oxygen atoms in total. The number of likely N-dealkylation sites (tertiary alicyclic amines) is 1. The summed E-state index contributed by atoms with van der Waals surface area (Å²) < 4.78 is 5.50. The zero-order valence-corrected chi connectivity index (χ0v) is 14.0. The highest BCUT2D eigenvalue weighted by atomic mass is 16.6. The average molecular weight is 334 g/mol. The molecule has 1 unspecified atom stereocenters. The fraction of sp³-hybridized carbons (Fsp3) is 0.562. The van der Waals surface area contributed by atoms with Gasteiger partial charge in [0.05, 0.1) is 25.0 Å². The largest absolute Gasteiger partial charge is 0.444 e. The van der Waals surface area contributed by atoms with E-state index in [0.717, 1.165) is 5.56 Å². The molecule has 1 aliphatic rings. The van der Waals surface area contributed by atoms with Gasteiger partial charge in [-0.2, -0.15) is 0 Å². The lowest BCUT2D eigenvalue weighted by Crippen LogP contribution is -2.42. The number of H-pyrrole nitrogens is 2. The van der Waals surface area contributed by atoms with E-state index >= 15 is 0 Å². The summed E-state index contributed by atoms with van der Waals surface area (Å²) in [6.45, 7) is 5.27. The number of nitrogens with one attached hydrogen (secondary N) is 2. The third-order valence-corrected chi connectivity index (χ3v) is 4.18. The van der Waals surface area contributed by atoms with Crippen LogP contribution in [-0.2, 0) is 4.74 Å². The van der Waals surface area contributed by atoms with Gasteiger partial charge in [-0.1, -0.05) is 0 Å². The molecule has 2 aromatic rings. The van der Waals surface area contributed by atoms with Gasteiger partial charge in [-0.3, -0.25) is 9.69 Å². The average Bonchev–Trinajstić information content (AvgIpc) is 3.09. The van der Waals surface area contributed by atoms with Gasteiger partial charge in [0.15, 0.2) is 0 Å². The van der Waals surface area contributed by atoms with Crippen molar-refractivity contribution >= 4 is 17.1 Å². The van der Waals surface area contributed by atoms with Gasteiger partial charge in [-0.25, -0.2) is 9.78 Å². The molecule has 1 aliphatic heterocycles. The summed E-state index contributed by atoms with van der Waals surface area (Å²) in [5.74, 6) is 0. The first-order valence-electron chi connectivity index (χ1n) is 7.98. The van der Waals surface area contributed by atoms with Crippen LogP contribution in [0.3, 0.4) is 0 Å². The number of amides is 1. The molecule has 8 heteroatoms. The molecule has 3 heterocycles. The number of hydrogen-bond acceptors (Lipinski definition) is 5. The highest BCUT2D eigenvalue weighted by Crippen LogP contribution is 2.39. The van der Waals surface area contributed by atoms with E-state index in [9.17, 15) is 14.7 Å². The number of carbonyl (C=O) groups is 1. The molecule has 0 radical (unpaired) electrons. The predicted molar refractivity (Wildman–Crippen MR) is 87.6 cm³/mol. The SMILES string of the molecule is CC(C)(C)OC(=O)N1C(c2c[nH]c3c(=O)[nH]cnc23)CC[C@H]1CO. The minimum atomic E-state index is -0.625. The van der Waals surface area contributed by atoms with Crippen LogP contribution in [0.5, 0.6) is 0 Å². The molecule has 2 atom stereocenters. The molecule has 0 bridgehead atoms. The van der Waals surface area contributed by atoms with E-state index in [-0.39, 0.29) is 24.2 Å². The second kappa shape index (κ2) is 5.94. The topological polar surface area (TPSA) is 111 Å². The Kier molecular flexibility index (Phi) is 4.08. The Hall–Kier alpha value is -2.35. The number of nitrogens with zero attached hydrogens (tertiary/aromatic N) is 2. The fourth-order valence-corrected chi connectivity index (χ4v) is 3.18. The standard InChI is InChI=1S/C16H22N4O4/c1-16(2,3)24-15(23)20-9(7-21)4-5-11(20)10-6-17-13-12(10)18-8-19-14(13)22/h6,8-9,11,17,21H,4-5,7H2,1-3H3,(H,18,19,22)/t9-,11?/m0/s1. The van der Waals surface area contributed by atoms with Crippen molar-refractivity contribution < 1.29 is 14.6 Å².